The summed E-state index contributed by atoms with van der Waals surface area (Å²) >= 11 is 0. The fourth-order valence-corrected chi connectivity index (χ4v) is 0.491. The topological polar surface area (TPSA) is 30.0 Å². The lowest BCUT2D eigenvalue weighted by Crippen LogP contribution is -1.98. The molecule has 0 saturated carbocycles. The van der Waals surface area contributed by atoms with Crippen LogP contribution in [0.5, 0.6) is 0 Å². The number of rotatable bonds is 0. The Morgan fingerprint density at radius 3 is 3.22 bits per heavy atom. The SMILES string of the molecule is Cc1ccc#cc(=O)n1. The van der Waals surface area contributed by atoms with E-state index in [0.29, 0.717) is 5.69 Å². The van der Waals surface area contributed by atoms with E-state index in [1.165, 1.54) is 0 Å². The van der Waals surface area contributed by atoms with E-state index in [1.807, 2.05) is 0 Å². The molecule has 0 N–H and O–H groups in total. The van der Waals surface area contributed by atoms with Crippen LogP contribution in [0.25, 0.3) is 0 Å². The fraction of sp³-hybridized carbons (Fsp3) is 0.143. The van der Waals surface area contributed by atoms with Crippen molar-refractivity contribution in [1.82, 2.24) is 4.98 Å². The van der Waals surface area contributed by atoms with Gasteiger partial charge in [-0.05, 0) is 19.1 Å². The Hall–Kier alpha value is -1.36. The molecule has 0 aliphatic carbocycles. The summed E-state index contributed by atoms with van der Waals surface area (Å²) in [6.45, 7) is 1.75. The van der Waals surface area contributed by atoms with Crippen molar-refractivity contribution in [3.05, 3.63) is 40.3 Å². The molecule has 0 aliphatic heterocycles. The summed E-state index contributed by atoms with van der Waals surface area (Å²) in [5, 5.41) is 0. The van der Waals surface area contributed by atoms with Crippen molar-refractivity contribution >= 4 is 0 Å². The van der Waals surface area contributed by atoms with Crippen LogP contribution in [0.2, 0.25) is 0 Å². The van der Waals surface area contributed by atoms with Crippen molar-refractivity contribution < 1.29 is 0 Å². The summed E-state index contributed by atoms with van der Waals surface area (Å²) in [5.74, 6) is 0. The second-order valence-corrected chi connectivity index (χ2v) is 1.66. The van der Waals surface area contributed by atoms with Gasteiger partial charge in [0, 0.05) is 11.8 Å². The maximum atomic E-state index is 10.5. The monoisotopic (exact) mass is 119 g/mol. The molecular formula is C7H5NO. The second-order valence-electron chi connectivity index (χ2n) is 1.66. The first-order valence-corrected chi connectivity index (χ1v) is 2.56. The largest absolute Gasteiger partial charge is 0.322 e. The van der Waals surface area contributed by atoms with Gasteiger partial charge >= 0.3 is 5.56 Å². The molecule has 9 heavy (non-hydrogen) atoms. The van der Waals surface area contributed by atoms with E-state index in [0.717, 1.165) is 0 Å². The van der Waals surface area contributed by atoms with Crippen molar-refractivity contribution in [3.63, 3.8) is 0 Å². The Morgan fingerprint density at radius 2 is 2.44 bits per heavy atom. The van der Waals surface area contributed by atoms with Gasteiger partial charge in [0.15, 0.2) is 0 Å². The lowest BCUT2D eigenvalue weighted by Gasteiger charge is -1.72. The smallest absolute Gasteiger partial charge is 0.257 e. The van der Waals surface area contributed by atoms with Crippen LogP contribution in [-0.4, -0.2) is 4.98 Å². The van der Waals surface area contributed by atoms with E-state index >= 15 is 0 Å². The molecule has 0 aliphatic rings. The predicted octanol–water partition coefficient (Wildman–Crippen LogP) is 0.351. The maximum absolute atomic E-state index is 10.5. The lowest BCUT2D eigenvalue weighted by molar-refractivity contribution is 1.17. The van der Waals surface area contributed by atoms with Gasteiger partial charge < -0.3 is 0 Å². The molecule has 0 atom stereocenters. The van der Waals surface area contributed by atoms with Crippen molar-refractivity contribution in [1.29, 1.82) is 0 Å². The van der Waals surface area contributed by atoms with Crippen molar-refractivity contribution in [2.45, 2.75) is 6.92 Å². The third-order valence-electron chi connectivity index (χ3n) is 0.865. The van der Waals surface area contributed by atoms with Crippen molar-refractivity contribution in [2.24, 2.45) is 0 Å². The van der Waals surface area contributed by atoms with Crippen molar-refractivity contribution in [3.8, 4) is 0 Å². The average Bonchev–Trinajstić information content (AvgIpc) is 1.93. The Morgan fingerprint density at radius 1 is 1.67 bits per heavy atom. The van der Waals surface area contributed by atoms with Crippen LogP contribution in [0.3, 0.4) is 0 Å². The molecule has 1 aromatic rings. The molecule has 2 nitrogen and oxygen atoms in total. The lowest BCUT2D eigenvalue weighted by atomic mass is 10.5. The summed E-state index contributed by atoms with van der Waals surface area (Å²) < 4.78 is 0. The van der Waals surface area contributed by atoms with Gasteiger partial charge in [-0.2, -0.15) is 0 Å². The zero-order valence-electron chi connectivity index (χ0n) is 5.01. The summed E-state index contributed by atoms with van der Waals surface area (Å²) in [6.07, 6.45) is 0. The molecule has 2 heteroatoms. The molecule has 1 aromatic heterocycles. The van der Waals surface area contributed by atoms with Crippen molar-refractivity contribution in [2.75, 3.05) is 0 Å². The van der Waals surface area contributed by atoms with E-state index in [9.17, 15) is 4.79 Å². The van der Waals surface area contributed by atoms with Gasteiger partial charge in [-0.3, -0.25) is 4.79 Å². The van der Waals surface area contributed by atoms with Gasteiger partial charge in [0.2, 0.25) is 0 Å². The molecule has 0 aromatic carbocycles. The number of aryl methyl sites for hydroxylation is 1. The molecule has 0 unspecified atom stereocenters. The fourth-order valence-electron chi connectivity index (χ4n) is 0.491. The van der Waals surface area contributed by atoms with Gasteiger partial charge in [0.25, 0.3) is 0 Å². The highest BCUT2D eigenvalue weighted by molar-refractivity contribution is 4.95. The molecule has 44 valence electrons. The van der Waals surface area contributed by atoms with E-state index in [1.54, 1.807) is 19.1 Å². The summed E-state index contributed by atoms with van der Waals surface area (Å²) in [7, 11) is 0. The molecule has 0 amide bonds. The van der Waals surface area contributed by atoms with Gasteiger partial charge in [0.1, 0.15) is 0 Å². The first-order valence-electron chi connectivity index (χ1n) is 2.56. The van der Waals surface area contributed by atoms with Crippen LogP contribution in [0.1, 0.15) is 5.69 Å². The molecule has 1 rings (SSSR count). The Bertz CT molecular complexity index is 257. The predicted molar refractivity (Wildman–Crippen MR) is 32.9 cm³/mol. The Kier molecular flexibility index (Phi) is 1.46. The average molecular weight is 119 g/mol. The zero-order chi connectivity index (χ0) is 6.69. The number of nitrogens with zero attached hydrogens (tertiary/aromatic N) is 1. The Balaban J connectivity index is 3.37. The highest BCUT2D eigenvalue weighted by atomic mass is 16.1. The van der Waals surface area contributed by atoms with E-state index < -0.39 is 0 Å². The normalized spacial score (nSPS) is 8.11. The van der Waals surface area contributed by atoms with Crippen LogP contribution in [0.15, 0.2) is 16.9 Å². The van der Waals surface area contributed by atoms with E-state index in [-0.39, 0.29) is 5.56 Å². The summed E-state index contributed by atoms with van der Waals surface area (Å²) in [6, 6.07) is 8.17. The van der Waals surface area contributed by atoms with Gasteiger partial charge in [-0.15, -0.1) is 0 Å². The van der Waals surface area contributed by atoms with Crippen LogP contribution in [-0.2, 0) is 0 Å². The van der Waals surface area contributed by atoms with Gasteiger partial charge in [-0.25, -0.2) is 4.98 Å². The number of hydrogen-bond donors (Lipinski definition) is 0. The van der Waals surface area contributed by atoms with Crippen LogP contribution in [0.4, 0.5) is 0 Å². The molecule has 0 radical (unpaired) electrons. The quantitative estimate of drug-likeness (QED) is 0.493. The second kappa shape index (κ2) is 2.27. The maximum Gasteiger partial charge on any atom is 0.322 e. The van der Waals surface area contributed by atoms with E-state index in [2.05, 4.69) is 17.1 Å². The molecular weight excluding hydrogens is 114 g/mol. The van der Waals surface area contributed by atoms with Crippen LogP contribution >= 0.6 is 0 Å². The molecule has 0 spiro atoms. The van der Waals surface area contributed by atoms with Gasteiger partial charge in [0.05, 0.1) is 0 Å². The Labute approximate surface area is 53.2 Å². The van der Waals surface area contributed by atoms with Crippen LogP contribution in [0, 0.1) is 19.1 Å². The summed E-state index contributed by atoms with van der Waals surface area (Å²) in [5.41, 5.74) is 0.329. The summed E-state index contributed by atoms with van der Waals surface area (Å²) in [4.78, 5) is 14.1. The minimum atomic E-state index is -0.363. The first-order chi connectivity index (χ1) is 4.29. The van der Waals surface area contributed by atoms with Crippen LogP contribution < -0.4 is 5.56 Å². The van der Waals surface area contributed by atoms with Gasteiger partial charge in [-0.1, -0.05) is 6.07 Å². The highest BCUT2D eigenvalue weighted by Gasteiger charge is 1.78. The first kappa shape index (κ1) is 5.77. The molecule has 0 fully saturated rings. The standard InChI is InChI=1S/C7H5NO/c1-6-4-2-3-5-7(9)8-6/h2,4H,1H3. The molecule has 0 saturated heterocycles. The molecule has 0 bridgehead atoms. The number of hydrogen-bond acceptors (Lipinski definition) is 2. The van der Waals surface area contributed by atoms with E-state index in [4.69, 9.17) is 0 Å². The zero-order valence-corrected chi connectivity index (χ0v) is 5.01. The minimum absolute atomic E-state index is 0.363. The third kappa shape index (κ3) is 1.54. The number of aromatic nitrogens is 1. The highest BCUT2D eigenvalue weighted by Crippen LogP contribution is 1.78. The third-order valence-corrected chi connectivity index (χ3v) is 0.865. The minimum Gasteiger partial charge on any atom is -0.257 e. The molecule has 1 heterocycles.